The molecule has 0 amide bonds. The summed E-state index contributed by atoms with van der Waals surface area (Å²) in [4.78, 5) is 12.6. The number of ether oxygens (including phenoxy) is 2. The third kappa shape index (κ3) is 3.06. The quantitative estimate of drug-likeness (QED) is 0.735. The molecule has 2 aromatic carbocycles. The van der Waals surface area contributed by atoms with Crippen LogP contribution in [0.2, 0.25) is 5.02 Å². The number of carbonyl (C=O) groups excluding carboxylic acids is 1. The van der Waals surface area contributed by atoms with E-state index in [4.69, 9.17) is 21.1 Å². The molecule has 0 radical (unpaired) electrons. The van der Waals surface area contributed by atoms with Crippen LogP contribution in [0.15, 0.2) is 34.8 Å². The van der Waals surface area contributed by atoms with Gasteiger partial charge in [0.1, 0.15) is 16.0 Å². The zero-order valence-corrected chi connectivity index (χ0v) is 14.2. The molecule has 2 rings (SSSR count). The maximum Gasteiger partial charge on any atom is 0.196 e. The van der Waals surface area contributed by atoms with Gasteiger partial charge in [-0.1, -0.05) is 23.7 Å². The molecule has 0 aliphatic carbocycles. The Hall–Kier alpha value is -1.52. The van der Waals surface area contributed by atoms with Crippen molar-refractivity contribution in [3.05, 3.63) is 56.5 Å². The number of hydrogen-bond acceptors (Lipinski definition) is 3. The molecule has 0 saturated carbocycles. The van der Waals surface area contributed by atoms with Crippen LogP contribution >= 0.6 is 27.5 Å². The average Bonchev–Trinajstić information content (AvgIpc) is 2.49. The fraction of sp³-hybridized carbons (Fsp3) is 0.188. The Morgan fingerprint density at radius 3 is 2.43 bits per heavy atom. The first-order valence-electron chi connectivity index (χ1n) is 6.21. The molecule has 0 spiro atoms. The number of ketones is 1. The number of rotatable bonds is 4. The van der Waals surface area contributed by atoms with Crippen molar-refractivity contribution in [2.24, 2.45) is 0 Å². The van der Waals surface area contributed by atoms with Crippen LogP contribution < -0.4 is 9.47 Å². The number of methoxy groups -OCH3 is 2. The molecule has 0 fully saturated rings. The molecule has 2 aromatic rings. The van der Waals surface area contributed by atoms with E-state index >= 15 is 0 Å². The normalized spacial score (nSPS) is 10.3. The van der Waals surface area contributed by atoms with Crippen molar-refractivity contribution in [2.75, 3.05) is 14.2 Å². The monoisotopic (exact) mass is 368 g/mol. The van der Waals surface area contributed by atoms with E-state index < -0.39 is 0 Å². The summed E-state index contributed by atoms with van der Waals surface area (Å²) in [5.41, 5.74) is 1.89. The Morgan fingerprint density at radius 1 is 1.14 bits per heavy atom. The van der Waals surface area contributed by atoms with Gasteiger partial charge in [-0.25, -0.2) is 0 Å². The van der Waals surface area contributed by atoms with Crippen molar-refractivity contribution in [3.8, 4) is 11.5 Å². The van der Waals surface area contributed by atoms with E-state index in [0.29, 0.717) is 32.1 Å². The SMILES string of the molecule is COc1ccc(C(=O)c2ccc(C)c(Cl)c2)c(OC)c1Br. The number of halogens is 2. The molecule has 0 aromatic heterocycles. The molecule has 21 heavy (non-hydrogen) atoms. The van der Waals surface area contributed by atoms with Crippen molar-refractivity contribution in [2.45, 2.75) is 6.92 Å². The van der Waals surface area contributed by atoms with Crippen LogP contribution in [0.25, 0.3) is 0 Å². The van der Waals surface area contributed by atoms with Gasteiger partial charge in [0, 0.05) is 10.6 Å². The second kappa shape index (κ2) is 6.50. The van der Waals surface area contributed by atoms with Gasteiger partial charge in [-0.15, -0.1) is 0 Å². The maximum atomic E-state index is 12.6. The van der Waals surface area contributed by atoms with Crippen LogP contribution in [0.3, 0.4) is 0 Å². The van der Waals surface area contributed by atoms with Gasteiger partial charge in [-0.3, -0.25) is 4.79 Å². The van der Waals surface area contributed by atoms with E-state index in [1.807, 2.05) is 13.0 Å². The van der Waals surface area contributed by atoms with Crippen molar-refractivity contribution >= 4 is 33.3 Å². The van der Waals surface area contributed by atoms with Gasteiger partial charge in [0.25, 0.3) is 0 Å². The van der Waals surface area contributed by atoms with Gasteiger partial charge in [0.05, 0.1) is 19.8 Å². The van der Waals surface area contributed by atoms with Gasteiger partial charge in [0.15, 0.2) is 5.78 Å². The van der Waals surface area contributed by atoms with Crippen LogP contribution in [-0.4, -0.2) is 20.0 Å². The van der Waals surface area contributed by atoms with Crippen molar-refractivity contribution in [3.63, 3.8) is 0 Å². The number of carbonyl (C=O) groups is 1. The molecule has 0 aliphatic heterocycles. The van der Waals surface area contributed by atoms with Gasteiger partial charge in [-0.05, 0) is 46.6 Å². The first-order valence-corrected chi connectivity index (χ1v) is 7.38. The molecule has 0 aliphatic rings. The smallest absolute Gasteiger partial charge is 0.196 e. The van der Waals surface area contributed by atoms with Crippen molar-refractivity contribution in [1.29, 1.82) is 0 Å². The minimum absolute atomic E-state index is 0.155. The predicted octanol–water partition coefficient (Wildman–Crippen LogP) is 4.66. The van der Waals surface area contributed by atoms with Crippen LogP contribution in [0.1, 0.15) is 21.5 Å². The summed E-state index contributed by atoms with van der Waals surface area (Å²) in [5.74, 6) is 0.887. The lowest BCUT2D eigenvalue weighted by molar-refractivity contribution is 0.103. The zero-order valence-electron chi connectivity index (χ0n) is 11.9. The van der Waals surface area contributed by atoms with E-state index in [9.17, 15) is 4.79 Å². The van der Waals surface area contributed by atoms with Gasteiger partial charge < -0.3 is 9.47 Å². The topological polar surface area (TPSA) is 35.5 Å². The van der Waals surface area contributed by atoms with E-state index in [1.54, 1.807) is 31.4 Å². The van der Waals surface area contributed by atoms with E-state index in [2.05, 4.69) is 15.9 Å². The largest absolute Gasteiger partial charge is 0.495 e. The first-order chi connectivity index (χ1) is 9.99. The van der Waals surface area contributed by atoms with E-state index in [-0.39, 0.29) is 5.78 Å². The standard InChI is InChI=1S/C16H14BrClO3/c1-9-4-5-10(8-12(9)18)15(19)11-6-7-13(20-2)14(17)16(11)21-3/h4-8H,1-3H3. The van der Waals surface area contributed by atoms with Crippen LogP contribution in [0.4, 0.5) is 0 Å². The third-order valence-electron chi connectivity index (χ3n) is 3.16. The molecule has 0 saturated heterocycles. The fourth-order valence-corrected chi connectivity index (χ4v) is 2.81. The minimum Gasteiger partial charge on any atom is -0.495 e. The number of hydrogen-bond donors (Lipinski definition) is 0. The molecule has 5 heteroatoms. The molecule has 3 nitrogen and oxygen atoms in total. The second-order valence-corrected chi connectivity index (χ2v) is 5.66. The van der Waals surface area contributed by atoms with Gasteiger partial charge in [0.2, 0.25) is 0 Å². The molecular weight excluding hydrogens is 356 g/mol. The lowest BCUT2D eigenvalue weighted by Gasteiger charge is -2.13. The maximum absolute atomic E-state index is 12.6. The predicted molar refractivity (Wildman–Crippen MR) is 86.9 cm³/mol. The highest BCUT2D eigenvalue weighted by molar-refractivity contribution is 9.10. The van der Waals surface area contributed by atoms with Gasteiger partial charge in [-0.2, -0.15) is 0 Å². The Morgan fingerprint density at radius 2 is 1.86 bits per heavy atom. The number of aryl methyl sites for hydroxylation is 1. The van der Waals surface area contributed by atoms with Gasteiger partial charge >= 0.3 is 0 Å². The zero-order chi connectivity index (χ0) is 15.6. The van der Waals surface area contributed by atoms with Crippen molar-refractivity contribution < 1.29 is 14.3 Å². The summed E-state index contributed by atoms with van der Waals surface area (Å²) in [6.07, 6.45) is 0. The second-order valence-electron chi connectivity index (χ2n) is 4.46. The van der Waals surface area contributed by atoms with Crippen LogP contribution in [0, 0.1) is 6.92 Å². The van der Waals surface area contributed by atoms with Crippen molar-refractivity contribution in [1.82, 2.24) is 0 Å². The average molecular weight is 370 g/mol. The van der Waals surface area contributed by atoms with E-state index in [1.165, 1.54) is 7.11 Å². The molecule has 0 atom stereocenters. The van der Waals surface area contributed by atoms with Crippen LogP contribution in [0.5, 0.6) is 11.5 Å². The van der Waals surface area contributed by atoms with E-state index in [0.717, 1.165) is 5.56 Å². The lowest BCUT2D eigenvalue weighted by atomic mass is 10.0. The molecule has 0 bridgehead atoms. The summed E-state index contributed by atoms with van der Waals surface area (Å²) in [5, 5.41) is 0.562. The molecule has 110 valence electrons. The lowest BCUT2D eigenvalue weighted by Crippen LogP contribution is -2.05. The van der Waals surface area contributed by atoms with Crippen LogP contribution in [-0.2, 0) is 0 Å². The Labute approximate surface area is 137 Å². The number of benzene rings is 2. The Kier molecular flexibility index (Phi) is 4.91. The molecule has 0 N–H and O–H groups in total. The Balaban J connectivity index is 2.52. The summed E-state index contributed by atoms with van der Waals surface area (Å²) >= 11 is 9.48. The molecular formula is C16H14BrClO3. The summed E-state index contributed by atoms with van der Waals surface area (Å²) < 4.78 is 11.1. The fourth-order valence-electron chi connectivity index (χ4n) is 1.96. The summed E-state index contributed by atoms with van der Waals surface area (Å²) in [6, 6.07) is 8.63. The summed E-state index contributed by atoms with van der Waals surface area (Å²) in [7, 11) is 3.07. The Bertz CT molecular complexity index is 698. The minimum atomic E-state index is -0.155. The third-order valence-corrected chi connectivity index (χ3v) is 4.32. The summed E-state index contributed by atoms with van der Waals surface area (Å²) in [6.45, 7) is 1.89. The highest BCUT2D eigenvalue weighted by atomic mass is 79.9. The molecule has 0 unspecified atom stereocenters. The highest BCUT2D eigenvalue weighted by Crippen LogP contribution is 2.38. The first kappa shape index (κ1) is 15.9. The highest BCUT2D eigenvalue weighted by Gasteiger charge is 2.20. The molecule has 0 heterocycles.